The number of carboxylic acid groups (broad SMARTS) is 1. The summed E-state index contributed by atoms with van der Waals surface area (Å²) in [5, 5.41) is 22.1. The number of aliphatic hydroxyl groups is 1. The van der Waals surface area contributed by atoms with Crippen LogP contribution in [0.3, 0.4) is 0 Å². The lowest BCUT2D eigenvalue weighted by molar-refractivity contribution is -0.755. The highest BCUT2D eigenvalue weighted by Crippen LogP contribution is 1.98. The fourth-order valence-corrected chi connectivity index (χ4v) is 1.46. The minimum absolute atomic E-state index is 0.0610. The lowest BCUT2D eigenvalue weighted by Gasteiger charge is -1.93. The number of carboxylic acids is 1. The minimum atomic E-state index is -1.08. The average Bonchev–Trinajstić information content (AvgIpc) is 2.64. The highest BCUT2D eigenvalue weighted by Gasteiger charge is 2.10. The summed E-state index contributed by atoms with van der Waals surface area (Å²) in [6.07, 6.45) is 6.88. The van der Waals surface area contributed by atoms with Crippen molar-refractivity contribution in [3.05, 3.63) is 11.9 Å². The fourth-order valence-electron chi connectivity index (χ4n) is 1.46. The topological polar surface area (TPSA) is 82.1 Å². The van der Waals surface area contributed by atoms with E-state index >= 15 is 0 Å². The summed E-state index contributed by atoms with van der Waals surface area (Å²) in [4.78, 5) is 8.89. The molecule has 6 nitrogen and oxygen atoms in total. The molecule has 1 heterocycles. The average molecular weight is 257 g/mol. The summed E-state index contributed by atoms with van der Waals surface area (Å²) in [6, 6.07) is 0. The summed E-state index contributed by atoms with van der Waals surface area (Å²) in [6.45, 7) is 4.19. The van der Waals surface area contributed by atoms with Gasteiger partial charge >= 0.3 is 0 Å². The number of nitrogens with zero attached hydrogens (tertiary/aromatic N) is 3. The molecule has 18 heavy (non-hydrogen) atoms. The zero-order valence-corrected chi connectivity index (χ0v) is 11.4. The Balaban J connectivity index is 0.000000631. The van der Waals surface area contributed by atoms with E-state index in [1.807, 2.05) is 17.9 Å². The second kappa shape index (κ2) is 9.58. The van der Waals surface area contributed by atoms with Crippen LogP contribution in [0.1, 0.15) is 45.2 Å². The van der Waals surface area contributed by atoms with Crippen LogP contribution < -0.4 is 9.79 Å². The maximum Gasteiger partial charge on any atom is 0.192 e. The van der Waals surface area contributed by atoms with Crippen molar-refractivity contribution in [2.45, 2.75) is 52.7 Å². The number of aliphatic carboxylic acids is 1. The van der Waals surface area contributed by atoms with Crippen LogP contribution >= 0.6 is 0 Å². The normalized spacial score (nSPS) is 9.78. The molecule has 0 aliphatic rings. The zero-order valence-electron chi connectivity index (χ0n) is 11.4. The highest BCUT2D eigenvalue weighted by molar-refractivity contribution is 5.60. The molecule has 0 amide bonds. The first kappa shape index (κ1) is 16.6. The van der Waals surface area contributed by atoms with Crippen molar-refractivity contribution in [3.8, 4) is 0 Å². The molecular weight excluding hydrogens is 234 g/mol. The second-order valence-corrected chi connectivity index (χ2v) is 4.11. The van der Waals surface area contributed by atoms with E-state index in [0.717, 1.165) is 19.2 Å². The first-order valence-electron chi connectivity index (χ1n) is 6.22. The van der Waals surface area contributed by atoms with Crippen molar-refractivity contribution >= 4 is 5.97 Å². The van der Waals surface area contributed by atoms with Gasteiger partial charge in [-0.25, -0.2) is 0 Å². The Bertz CT molecular complexity index is 346. The van der Waals surface area contributed by atoms with E-state index in [1.54, 1.807) is 4.68 Å². The molecule has 0 saturated carbocycles. The van der Waals surface area contributed by atoms with E-state index in [0.29, 0.717) is 0 Å². The number of unbranched alkanes of at least 4 members (excludes halogenated alkanes) is 3. The first-order chi connectivity index (χ1) is 8.51. The Hall–Kier alpha value is -1.43. The quantitative estimate of drug-likeness (QED) is 0.552. The fraction of sp³-hybridized carbons (Fsp3) is 0.750. The molecule has 0 aliphatic carbocycles. The Morgan fingerprint density at radius 1 is 1.50 bits per heavy atom. The number of carbonyl (C=O) groups excluding carboxylic acids is 1. The van der Waals surface area contributed by atoms with Gasteiger partial charge in [0.15, 0.2) is 11.9 Å². The van der Waals surface area contributed by atoms with Gasteiger partial charge in [0.1, 0.15) is 20.2 Å². The van der Waals surface area contributed by atoms with E-state index in [1.165, 1.54) is 25.7 Å². The number of rotatable bonds is 6. The number of aryl methyl sites for hydroxylation is 2. The van der Waals surface area contributed by atoms with Gasteiger partial charge in [0, 0.05) is 5.97 Å². The minimum Gasteiger partial charge on any atom is -0.550 e. The molecule has 1 N–H and O–H groups in total. The van der Waals surface area contributed by atoms with Crippen LogP contribution in [0.5, 0.6) is 0 Å². The van der Waals surface area contributed by atoms with Crippen molar-refractivity contribution in [2.75, 3.05) is 0 Å². The SMILES string of the molecule is CC(=O)[O-].CCCCCC[n+]1cc(CO)n(C)n1. The predicted octanol–water partition coefficient (Wildman–Crippen LogP) is -0.464. The van der Waals surface area contributed by atoms with Crippen LogP contribution in [0.25, 0.3) is 0 Å². The molecule has 0 spiro atoms. The molecule has 0 aliphatic heterocycles. The van der Waals surface area contributed by atoms with Gasteiger partial charge in [-0.2, -0.15) is 0 Å². The highest BCUT2D eigenvalue weighted by atomic mass is 16.4. The molecule has 1 aromatic heterocycles. The van der Waals surface area contributed by atoms with Gasteiger partial charge in [0.2, 0.25) is 0 Å². The van der Waals surface area contributed by atoms with Gasteiger partial charge < -0.3 is 15.0 Å². The standard InChI is InChI=1S/C10H20N3O.C2H4O2/c1-3-4-5-6-7-13-8-10(9-14)12(2)11-13;1-2(3)4/h8,14H,3-7,9H2,1-2H3;1H3,(H,3,4)/q+1;/p-1. The van der Waals surface area contributed by atoms with Gasteiger partial charge in [-0.15, -0.1) is 9.36 Å². The lowest BCUT2D eigenvalue weighted by atomic mass is 10.2. The third kappa shape index (κ3) is 7.78. The van der Waals surface area contributed by atoms with Crippen LogP contribution in [0, 0.1) is 0 Å². The third-order valence-electron chi connectivity index (χ3n) is 2.37. The summed E-state index contributed by atoms with van der Waals surface area (Å²) in [5.41, 5.74) is 0.862. The van der Waals surface area contributed by atoms with E-state index in [9.17, 15) is 0 Å². The van der Waals surface area contributed by atoms with E-state index < -0.39 is 5.97 Å². The van der Waals surface area contributed by atoms with Crippen molar-refractivity contribution < 1.29 is 19.7 Å². The van der Waals surface area contributed by atoms with Gasteiger partial charge in [-0.1, -0.05) is 19.8 Å². The molecule has 6 heteroatoms. The number of carbonyl (C=O) groups is 1. The van der Waals surface area contributed by atoms with Crippen molar-refractivity contribution in [1.82, 2.24) is 9.90 Å². The number of aromatic nitrogens is 3. The van der Waals surface area contributed by atoms with Crippen LogP contribution in [-0.4, -0.2) is 21.0 Å². The van der Waals surface area contributed by atoms with E-state index in [-0.39, 0.29) is 6.61 Å². The summed E-state index contributed by atoms with van der Waals surface area (Å²) >= 11 is 0. The number of hydrogen-bond donors (Lipinski definition) is 1. The molecule has 0 fully saturated rings. The van der Waals surface area contributed by atoms with Crippen molar-refractivity contribution in [3.63, 3.8) is 0 Å². The molecule has 0 unspecified atom stereocenters. The summed E-state index contributed by atoms with van der Waals surface area (Å²) < 4.78 is 3.63. The number of aliphatic hydroxyl groups excluding tert-OH is 1. The molecule has 0 radical (unpaired) electrons. The van der Waals surface area contributed by atoms with Gasteiger partial charge in [0.05, 0.1) is 5.21 Å². The van der Waals surface area contributed by atoms with Gasteiger partial charge in [-0.05, 0) is 19.8 Å². The lowest BCUT2D eigenvalue weighted by Crippen LogP contribution is -2.35. The van der Waals surface area contributed by atoms with Crippen LogP contribution in [0.4, 0.5) is 0 Å². The van der Waals surface area contributed by atoms with Gasteiger partial charge in [0.25, 0.3) is 0 Å². The molecule has 1 rings (SSSR count). The Morgan fingerprint density at radius 3 is 2.56 bits per heavy atom. The molecule has 0 bridgehead atoms. The van der Waals surface area contributed by atoms with E-state index in [4.69, 9.17) is 15.0 Å². The van der Waals surface area contributed by atoms with Crippen LogP contribution in [0.2, 0.25) is 0 Å². The third-order valence-corrected chi connectivity index (χ3v) is 2.37. The predicted molar refractivity (Wildman–Crippen MR) is 64.1 cm³/mol. The van der Waals surface area contributed by atoms with Crippen LogP contribution in [0.15, 0.2) is 6.20 Å². The molecule has 1 aromatic rings. The van der Waals surface area contributed by atoms with Crippen molar-refractivity contribution in [1.29, 1.82) is 0 Å². The Labute approximate surface area is 108 Å². The van der Waals surface area contributed by atoms with E-state index in [2.05, 4.69) is 12.1 Å². The maximum absolute atomic E-state index is 8.97. The largest absolute Gasteiger partial charge is 0.550 e. The Kier molecular flexibility index (Phi) is 8.82. The van der Waals surface area contributed by atoms with Crippen LogP contribution in [-0.2, 0) is 25.0 Å². The monoisotopic (exact) mass is 257 g/mol. The summed E-state index contributed by atoms with van der Waals surface area (Å²) in [7, 11) is 1.86. The molecule has 0 saturated heterocycles. The maximum atomic E-state index is 8.97. The zero-order chi connectivity index (χ0) is 14.0. The molecule has 104 valence electrons. The summed E-state index contributed by atoms with van der Waals surface area (Å²) in [5.74, 6) is -1.08. The molecule has 0 aromatic carbocycles. The molecule has 0 atom stereocenters. The van der Waals surface area contributed by atoms with Gasteiger partial charge in [-0.3, -0.25) is 0 Å². The van der Waals surface area contributed by atoms with Crippen molar-refractivity contribution in [2.24, 2.45) is 7.05 Å². The smallest absolute Gasteiger partial charge is 0.192 e. The number of hydrogen-bond acceptors (Lipinski definition) is 4. The second-order valence-electron chi connectivity index (χ2n) is 4.11. The Morgan fingerprint density at radius 2 is 2.11 bits per heavy atom. The first-order valence-corrected chi connectivity index (χ1v) is 6.22. The molecular formula is C12H23N3O3.